The normalized spacial score (nSPS) is 17.6. The van der Waals surface area contributed by atoms with Gasteiger partial charge in [0.25, 0.3) is 5.91 Å². The Hall–Kier alpha value is -6.32. The number of aromatic nitrogens is 4. The van der Waals surface area contributed by atoms with Gasteiger partial charge in [-0.15, -0.1) is 0 Å². The zero-order valence-electron chi connectivity index (χ0n) is 32.2. The van der Waals surface area contributed by atoms with Gasteiger partial charge < -0.3 is 44.0 Å². The van der Waals surface area contributed by atoms with Crippen molar-refractivity contribution in [2.75, 3.05) is 27.3 Å². The van der Waals surface area contributed by atoms with Crippen molar-refractivity contribution in [2.24, 2.45) is 5.92 Å². The highest BCUT2D eigenvalue weighted by Crippen LogP contribution is 2.48. The Morgan fingerprint density at radius 2 is 1.29 bits per heavy atom. The van der Waals surface area contributed by atoms with E-state index in [4.69, 9.17) is 18.9 Å². The van der Waals surface area contributed by atoms with Crippen LogP contribution in [0.4, 0.5) is 9.59 Å². The molecule has 56 heavy (non-hydrogen) atoms. The smallest absolute Gasteiger partial charge is 0.411 e. The number of amides is 4. The summed E-state index contributed by atoms with van der Waals surface area (Å²) in [5.74, 6) is 2.90. The lowest BCUT2D eigenvalue weighted by atomic mass is 10.0. The molecule has 0 spiro atoms. The van der Waals surface area contributed by atoms with Crippen LogP contribution in [0.3, 0.4) is 0 Å². The van der Waals surface area contributed by atoms with Crippen molar-refractivity contribution in [1.29, 1.82) is 0 Å². The molecule has 2 saturated heterocycles. The van der Waals surface area contributed by atoms with Gasteiger partial charge in [-0.1, -0.05) is 13.8 Å². The third-order valence-electron chi connectivity index (χ3n) is 10.3. The Kier molecular flexibility index (Phi) is 10.7. The molecule has 0 bridgehead atoms. The molecule has 3 aliphatic heterocycles. The fraction of sp³-hybridized carbons (Fsp3) is 0.400. The largest absolute Gasteiger partial charge is 0.453 e. The molecular weight excluding hydrogens is 720 g/mol. The van der Waals surface area contributed by atoms with E-state index in [1.165, 1.54) is 14.2 Å². The number of imidazole rings is 2. The average Bonchev–Trinajstić information content (AvgIpc) is 4.03. The summed E-state index contributed by atoms with van der Waals surface area (Å²) in [6, 6.07) is 10.0. The minimum atomic E-state index is -0.716. The quantitative estimate of drug-likeness (QED) is 0.117. The van der Waals surface area contributed by atoms with Crippen LogP contribution in [0, 0.1) is 5.92 Å². The molecule has 4 N–H and O–H groups in total. The molecule has 2 aromatic carbocycles. The molecule has 2 fully saturated rings. The second-order valence-electron chi connectivity index (χ2n) is 14.6. The van der Waals surface area contributed by atoms with Gasteiger partial charge in [-0.25, -0.2) is 19.6 Å². The standard InChI is InChI=1S/C40H46N8O8/c1-21(2)33(45-39(51)53-5)37(49)47-15-7-9-27(47)35-41-19-25(43-35)23-11-13-29-31(17-23)55-30-14-12-24(18-32(30)56-29)26-20-42-36(44-26)28-10-8-16-48(28)38(50)34(22(3)4)46-40(52)54-6/h11-14,17-21,27-28,33H,7-10,15-16H2,1-6H3,(H,41,43)(H,42,44)(H,45,51)(H,46,52)/t27-,28-,33-/m0/s1. The first-order valence-electron chi connectivity index (χ1n) is 18.7. The van der Waals surface area contributed by atoms with Gasteiger partial charge in [-0.3, -0.25) is 14.9 Å². The molecule has 0 unspecified atom stereocenters. The Morgan fingerprint density at radius 3 is 1.79 bits per heavy atom. The highest BCUT2D eigenvalue weighted by molar-refractivity contribution is 5.97. The van der Waals surface area contributed by atoms with Crippen LogP contribution in [0.2, 0.25) is 0 Å². The van der Waals surface area contributed by atoms with E-state index in [0.717, 1.165) is 48.2 Å². The summed E-state index contributed by atoms with van der Waals surface area (Å²) in [6.07, 6.45) is 5.21. The number of ether oxygens (including phenoxy) is 4. The number of H-pyrrole nitrogens is 2. The van der Waals surface area contributed by atoms with Gasteiger partial charge in [-0.2, -0.15) is 0 Å². The number of hydrogen-bond acceptors (Lipinski definition) is 10. The van der Waals surface area contributed by atoms with E-state index in [-0.39, 0.29) is 35.5 Å². The number of hydrogen-bond donors (Lipinski definition) is 4. The Bertz CT molecular complexity index is 2190. The van der Waals surface area contributed by atoms with E-state index in [9.17, 15) is 19.2 Å². The van der Waals surface area contributed by atoms with Gasteiger partial charge in [0.15, 0.2) is 23.0 Å². The summed E-state index contributed by atoms with van der Waals surface area (Å²) < 4.78 is 22.1. The molecule has 3 aliphatic rings. The van der Waals surface area contributed by atoms with E-state index < -0.39 is 18.2 Å². The molecule has 294 valence electrons. The average molecular weight is 767 g/mol. The van der Waals surface area contributed by atoms with Gasteiger partial charge in [0, 0.05) is 24.2 Å². The number of benzene rings is 2. The lowest BCUT2D eigenvalue weighted by Crippen LogP contribution is -2.51. The van der Waals surface area contributed by atoms with Gasteiger partial charge in [0.2, 0.25) is 5.91 Å². The van der Waals surface area contributed by atoms with E-state index in [1.54, 1.807) is 36.0 Å². The van der Waals surface area contributed by atoms with Crippen LogP contribution in [0.5, 0.6) is 23.0 Å². The number of alkyl carbamates (subject to hydrolysis) is 2. The molecule has 16 nitrogen and oxygen atoms in total. The molecule has 4 aromatic rings. The molecule has 0 aliphatic carbocycles. The summed E-state index contributed by atoms with van der Waals surface area (Å²) in [6.45, 7) is 8.39. The van der Waals surface area contributed by atoms with Crippen molar-refractivity contribution in [1.82, 2.24) is 40.4 Å². The maximum atomic E-state index is 13.6. The zero-order chi connectivity index (χ0) is 39.7. The third-order valence-corrected chi connectivity index (χ3v) is 10.3. The first kappa shape index (κ1) is 38.0. The van der Waals surface area contributed by atoms with Crippen LogP contribution in [0.25, 0.3) is 22.5 Å². The molecule has 2 aromatic heterocycles. The van der Waals surface area contributed by atoms with Crippen molar-refractivity contribution in [3.05, 3.63) is 71.7 Å². The van der Waals surface area contributed by atoms with Crippen molar-refractivity contribution in [3.8, 4) is 45.5 Å². The minimum absolute atomic E-state index is 0.129. The van der Waals surface area contributed by atoms with Gasteiger partial charge >= 0.3 is 12.2 Å². The van der Waals surface area contributed by atoms with Crippen LogP contribution in [0.1, 0.15) is 77.1 Å². The van der Waals surface area contributed by atoms with Gasteiger partial charge in [0.1, 0.15) is 23.4 Å². The number of allylic oxidation sites excluding steroid dienone is 1. The van der Waals surface area contributed by atoms with E-state index in [2.05, 4.69) is 30.6 Å². The van der Waals surface area contributed by atoms with E-state index >= 15 is 0 Å². The van der Waals surface area contributed by atoms with Crippen LogP contribution in [-0.2, 0) is 19.1 Å². The van der Waals surface area contributed by atoms with Crippen LogP contribution >= 0.6 is 0 Å². The van der Waals surface area contributed by atoms with Crippen molar-refractivity contribution < 1.29 is 38.1 Å². The van der Waals surface area contributed by atoms with Crippen molar-refractivity contribution >= 4 is 24.0 Å². The number of aromatic amines is 2. The molecule has 3 atom stereocenters. The van der Waals surface area contributed by atoms with Gasteiger partial charge in [-0.05, 0) is 87.4 Å². The maximum Gasteiger partial charge on any atom is 0.411 e. The van der Waals surface area contributed by atoms with Crippen molar-refractivity contribution in [3.63, 3.8) is 0 Å². The predicted molar refractivity (Wildman–Crippen MR) is 204 cm³/mol. The highest BCUT2D eigenvalue weighted by atomic mass is 16.6. The number of likely N-dealkylation sites (tertiary alicyclic amines) is 2. The number of carbonyl (C=O) groups is 4. The summed E-state index contributed by atoms with van der Waals surface area (Å²) in [5, 5.41) is 5.24. The number of nitrogens with one attached hydrogen (secondary N) is 4. The molecule has 16 heteroatoms. The Morgan fingerprint density at radius 1 is 0.768 bits per heavy atom. The number of methoxy groups -OCH3 is 2. The fourth-order valence-electron chi connectivity index (χ4n) is 7.40. The second kappa shape index (κ2) is 15.8. The van der Waals surface area contributed by atoms with Gasteiger partial charge in [0.05, 0.1) is 50.1 Å². The lowest BCUT2D eigenvalue weighted by molar-refractivity contribution is -0.135. The first-order chi connectivity index (χ1) is 26.9. The van der Waals surface area contributed by atoms with E-state index in [1.807, 2.05) is 50.2 Å². The summed E-state index contributed by atoms with van der Waals surface area (Å²) in [5.41, 5.74) is 4.03. The lowest BCUT2D eigenvalue weighted by Gasteiger charge is -2.30. The van der Waals surface area contributed by atoms with Crippen LogP contribution < -0.4 is 20.1 Å². The predicted octanol–water partition coefficient (Wildman–Crippen LogP) is 6.72. The molecule has 7 rings (SSSR count). The summed E-state index contributed by atoms with van der Waals surface area (Å²) in [4.78, 5) is 70.6. The third kappa shape index (κ3) is 7.50. The first-order valence-corrected chi connectivity index (χ1v) is 18.7. The SMILES string of the molecule is COC(=O)NC(C(=O)N1CCC[C@H]1c1ncc(-c2ccc3c(c2)Oc2ccc(-c4cnc([C@@H]5CCCN5C(=O)[C@@H](NC(=O)OC)C(C)C)[nH]4)cc2O3)[nH]1)=C(C)C. The van der Waals surface area contributed by atoms with Crippen molar-refractivity contribution in [2.45, 2.75) is 71.5 Å². The minimum Gasteiger partial charge on any atom is -0.453 e. The molecule has 0 radical (unpaired) electrons. The zero-order valence-corrected chi connectivity index (χ0v) is 32.2. The molecule has 5 heterocycles. The Balaban J connectivity index is 1.04. The van der Waals surface area contributed by atoms with E-state index in [0.29, 0.717) is 53.3 Å². The Labute approximate surface area is 324 Å². The number of fused-ring (bicyclic) bond motifs is 2. The number of nitrogens with zero attached hydrogens (tertiary/aromatic N) is 4. The summed E-state index contributed by atoms with van der Waals surface area (Å²) in [7, 11) is 2.53. The van der Waals surface area contributed by atoms with Crippen LogP contribution in [0.15, 0.2) is 60.1 Å². The fourth-order valence-corrected chi connectivity index (χ4v) is 7.40. The number of rotatable bonds is 9. The monoisotopic (exact) mass is 766 g/mol. The molecule has 0 saturated carbocycles. The second-order valence-corrected chi connectivity index (χ2v) is 14.6. The molecule has 4 amide bonds. The maximum absolute atomic E-state index is 13.6. The highest BCUT2D eigenvalue weighted by Gasteiger charge is 2.38. The summed E-state index contributed by atoms with van der Waals surface area (Å²) >= 11 is 0. The number of carbonyl (C=O) groups excluding carboxylic acids is 4. The molecular formula is C40H46N8O8. The van der Waals surface area contributed by atoms with Crippen LogP contribution in [-0.4, -0.2) is 87.1 Å². The topological polar surface area (TPSA) is 193 Å².